The molecule has 18 heavy (non-hydrogen) atoms. The largest absolute Gasteiger partial charge is 0.373 e. The lowest BCUT2D eigenvalue weighted by Gasteiger charge is -2.30. The molecule has 102 valence electrons. The van der Waals surface area contributed by atoms with E-state index in [4.69, 9.17) is 9.47 Å². The molecule has 1 amide bonds. The van der Waals surface area contributed by atoms with Crippen molar-refractivity contribution in [3.8, 4) is 0 Å². The number of amides is 1. The Kier molecular flexibility index (Phi) is 3.82. The lowest BCUT2D eigenvalue weighted by atomic mass is 10.2. The van der Waals surface area contributed by atoms with Crippen molar-refractivity contribution in [2.75, 3.05) is 32.8 Å². The van der Waals surface area contributed by atoms with Gasteiger partial charge in [-0.3, -0.25) is 4.79 Å². The number of ether oxygens (including phenoxy) is 2. The van der Waals surface area contributed by atoms with Gasteiger partial charge in [0.05, 0.1) is 18.8 Å². The number of morpholine rings is 1. The summed E-state index contributed by atoms with van der Waals surface area (Å²) in [5.74, 6) is 0.139. The molecule has 3 rings (SSSR count). The topological polar surface area (TPSA) is 50.8 Å². The Bertz CT molecular complexity index is 305. The zero-order chi connectivity index (χ0) is 12.4. The number of carbonyl (C=O) groups is 1. The van der Waals surface area contributed by atoms with Crippen LogP contribution in [-0.2, 0) is 14.3 Å². The molecule has 3 aliphatic rings. The molecule has 1 N–H and O–H groups in total. The van der Waals surface area contributed by atoms with Gasteiger partial charge in [-0.2, -0.15) is 0 Å². The van der Waals surface area contributed by atoms with E-state index in [9.17, 15) is 4.79 Å². The van der Waals surface area contributed by atoms with Crippen molar-refractivity contribution in [2.24, 2.45) is 0 Å². The number of nitrogens with one attached hydrogen (secondary N) is 1. The summed E-state index contributed by atoms with van der Waals surface area (Å²) in [5, 5.41) is 3.45. The summed E-state index contributed by atoms with van der Waals surface area (Å²) in [6.45, 7) is 3.70. The van der Waals surface area contributed by atoms with Gasteiger partial charge in [-0.25, -0.2) is 0 Å². The maximum atomic E-state index is 11.9. The fraction of sp³-hybridized carbons (Fsp3) is 0.923. The maximum Gasteiger partial charge on any atom is 0.248 e. The van der Waals surface area contributed by atoms with Crippen LogP contribution in [0.25, 0.3) is 0 Å². The number of hydrogen-bond donors (Lipinski definition) is 1. The normalized spacial score (nSPS) is 35.8. The Morgan fingerprint density at radius 1 is 1.33 bits per heavy atom. The Balaban J connectivity index is 1.46. The molecule has 0 unspecified atom stereocenters. The first-order valence-electron chi connectivity index (χ1n) is 7.09. The quantitative estimate of drug-likeness (QED) is 0.778. The number of rotatable bonds is 3. The van der Waals surface area contributed by atoms with Crippen LogP contribution in [0.2, 0.25) is 0 Å². The summed E-state index contributed by atoms with van der Waals surface area (Å²) in [7, 11) is 0. The molecule has 0 aromatic heterocycles. The summed E-state index contributed by atoms with van der Waals surface area (Å²) < 4.78 is 11.6. The van der Waals surface area contributed by atoms with E-state index < -0.39 is 0 Å². The van der Waals surface area contributed by atoms with E-state index in [0.29, 0.717) is 6.04 Å². The van der Waals surface area contributed by atoms with E-state index in [-0.39, 0.29) is 24.7 Å². The first-order valence-corrected chi connectivity index (χ1v) is 7.09. The van der Waals surface area contributed by atoms with Crippen LogP contribution in [0.5, 0.6) is 0 Å². The maximum absolute atomic E-state index is 11.9. The molecule has 3 atom stereocenters. The molecule has 5 nitrogen and oxygen atoms in total. The fourth-order valence-electron chi connectivity index (χ4n) is 3.23. The third-order valence-corrected chi connectivity index (χ3v) is 4.22. The second-order valence-electron chi connectivity index (χ2n) is 5.41. The van der Waals surface area contributed by atoms with Gasteiger partial charge in [-0.05, 0) is 25.7 Å². The van der Waals surface area contributed by atoms with Crippen molar-refractivity contribution in [1.82, 2.24) is 10.2 Å². The monoisotopic (exact) mass is 254 g/mol. The van der Waals surface area contributed by atoms with Crippen LogP contribution in [0.1, 0.15) is 25.7 Å². The lowest BCUT2D eigenvalue weighted by molar-refractivity contribution is -0.141. The van der Waals surface area contributed by atoms with E-state index in [2.05, 4.69) is 5.32 Å². The molecule has 5 heteroatoms. The molecular formula is C13H22N2O3. The van der Waals surface area contributed by atoms with Crippen molar-refractivity contribution >= 4 is 5.91 Å². The number of carbonyl (C=O) groups excluding carboxylic acids is 1. The zero-order valence-electron chi connectivity index (χ0n) is 10.8. The Morgan fingerprint density at radius 2 is 2.17 bits per heavy atom. The first-order chi connectivity index (χ1) is 8.84. The van der Waals surface area contributed by atoms with Crippen LogP contribution >= 0.6 is 0 Å². The van der Waals surface area contributed by atoms with Gasteiger partial charge in [0.1, 0.15) is 6.61 Å². The smallest absolute Gasteiger partial charge is 0.248 e. The first kappa shape index (κ1) is 12.4. The Labute approximate surface area is 108 Å². The number of nitrogens with zero attached hydrogens (tertiary/aromatic N) is 1. The second kappa shape index (κ2) is 5.55. The average Bonchev–Trinajstić information content (AvgIpc) is 3.06. The second-order valence-corrected chi connectivity index (χ2v) is 5.41. The van der Waals surface area contributed by atoms with Crippen molar-refractivity contribution < 1.29 is 14.3 Å². The predicted octanol–water partition coefficient (Wildman–Crippen LogP) is 0.145. The number of fused-ring (bicyclic) bond motifs is 1. The summed E-state index contributed by atoms with van der Waals surface area (Å²) in [6, 6.07) is 0.422. The molecule has 0 radical (unpaired) electrons. The van der Waals surface area contributed by atoms with Gasteiger partial charge in [0.25, 0.3) is 0 Å². The van der Waals surface area contributed by atoms with Crippen molar-refractivity contribution in [3.05, 3.63) is 0 Å². The van der Waals surface area contributed by atoms with Gasteiger partial charge in [-0.1, -0.05) is 0 Å². The minimum atomic E-state index is 0.0920. The molecule has 1 saturated carbocycles. The van der Waals surface area contributed by atoms with Gasteiger partial charge < -0.3 is 19.7 Å². The zero-order valence-corrected chi connectivity index (χ0v) is 10.8. The van der Waals surface area contributed by atoms with E-state index in [1.54, 1.807) is 0 Å². The highest BCUT2D eigenvalue weighted by atomic mass is 16.5. The van der Waals surface area contributed by atoms with Gasteiger partial charge in [0, 0.05) is 25.7 Å². The Morgan fingerprint density at radius 3 is 3.00 bits per heavy atom. The van der Waals surface area contributed by atoms with Crippen LogP contribution in [0, 0.1) is 0 Å². The lowest BCUT2D eigenvalue weighted by Crippen LogP contribution is -2.49. The summed E-state index contributed by atoms with van der Waals surface area (Å²) in [6.07, 6.45) is 4.59. The average molecular weight is 254 g/mol. The number of likely N-dealkylation sites (tertiary alicyclic amines) is 1. The van der Waals surface area contributed by atoms with Gasteiger partial charge >= 0.3 is 0 Å². The molecule has 2 aliphatic heterocycles. The van der Waals surface area contributed by atoms with Crippen LogP contribution in [-0.4, -0.2) is 61.9 Å². The van der Waals surface area contributed by atoms with Crippen molar-refractivity contribution in [2.45, 2.75) is 43.9 Å². The van der Waals surface area contributed by atoms with Crippen LogP contribution in [0.3, 0.4) is 0 Å². The fourth-order valence-corrected chi connectivity index (χ4v) is 3.23. The molecule has 0 bridgehead atoms. The summed E-state index contributed by atoms with van der Waals surface area (Å²) in [4.78, 5) is 13.8. The minimum absolute atomic E-state index is 0.0920. The van der Waals surface area contributed by atoms with E-state index in [1.807, 2.05) is 4.90 Å². The standard InChI is InChI=1S/C13H22N2O3/c16-12(15-6-1-2-7-15)9-18-11-4-3-10-13(11)17-8-5-14-10/h10-11,13-14H,1-9H2/t10-,11+,13+/m0/s1. The molecule has 2 heterocycles. The van der Waals surface area contributed by atoms with Crippen molar-refractivity contribution in [1.29, 1.82) is 0 Å². The highest BCUT2D eigenvalue weighted by molar-refractivity contribution is 5.77. The predicted molar refractivity (Wildman–Crippen MR) is 66.3 cm³/mol. The molecular weight excluding hydrogens is 232 g/mol. The van der Waals surface area contributed by atoms with Gasteiger partial charge in [0.15, 0.2) is 0 Å². The van der Waals surface area contributed by atoms with Gasteiger partial charge in [-0.15, -0.1) is 0 Å². The van der Waals surface area contributed by atoms with Crippen molar-refractivity contribution in [3.63, 3.8) is 0 Å². The summed E-state index contributed by atoms with van der Waals surface area (Å²) in [5.41, 5.74) is 0. The highest BCUT2D eigenvalue weighted by Crippen LogP contribution is 2.27. The van der Waals surface area contributed by atoms with Crippen LogP contribution in [0.15, 0.2) is 0 Å². The molecule has 3 fully saturated rings. The van der Waals surface area contributed by atoms with Crippen LogP contribution < -0.4 is 5.32 Å². The Hall–Kier alpha value is -0.650. The third-order valence-electron chi connectivity index (χ3n) is 4.22. The molecule has 0 spiro atoms. The molecule has 1 aliphatic carbocycles. The summed E-state index contributed by atoms with van der Waals surface area (Å²) >= 11 is 0. The number of hydrogen-bond acceptors (Lipinski definition) is 4. The van der Waals surface area contributed by atoms with Gasteiger partial charge in [0.2, 0.25) is 5.91 Å². The molecule has 0 aromatic rings. The van der Waals surface area contributed by atoms with E-state index in [1.165, 1.54) is 0 Å². The molecule has 0 aromatic carbocycles. The van der Waals surface area contributed by atoms with E-state index >= 15 is 0 Å². The SMILES string of the molecule is O=C(CO[C@@H]1CC[C@@H]2NCCO[C@H]21)N1CCCC1. The third kappa shape index (κ3) is 2.53. The van der Waals surface area contributed by atoms with E-state index in [0.717, 1.165) is 51.9 Å². The highest BCUT2D eigenvalue weighted by Gasteiger charge is 2.39. The minimum Gasteiger partial charge on any atom is -0.373 e. The molecule has 2 saturated heterocycles. The van der Waals surface area contributed by atoms with Crippen LogP contribution in [0.4, 0.5) is 0 Å².